The Balaban J connectivity index is 1.40. The van der Waals surface area contributed by atoms with Crippen LogP contribution in [0.15, 0.2) is 24.8 Å². The second-order valence-electron chi connectivity index (χ2n) is 7.14. The third-order valence-corrected chi connectivity index (χ3v) is 6.74. The van der Waals surface area contributed by atoms with E-state index in [4.69, 9.17) is 0 Å². The average molecular weight is 377 g/mol. The fourth-order valence-electron chi connectivity index (χ4n) is 3.44. The van der Waals surface area contributed by atoms with Gasteiger partial charge < -0.3 is 9.88 Å². The van der Waals surface area contributed by atoms with Crippen LogP contribution in [-0.4, -0.2) is 51.7 Å². The molecule has 9 heteroatoms. The van der Waals surface area contributed by atoms with Gasteiger partial charge in [-0.1, -0.05) is 0 Å². The second kappa shape index (κ2) is 6.86. The van der Waals surface area contributed by atoms with Crippen LogP contribution < -0.4 is 5.32 Å². The lowest BCUT2D eigenvalue weighted by molar-refractivity contribution is 0.0946. The summed E-state index contributed by atoms with van der Waals surface area (Å²) in [4.78, 5) is 16.4. The molecule has 2 fully saturated rings. The van der Waals surface area contributed by atoms with Gasteiger partial charge in [-0.25, -0.2) is 13.4 Å². The van der Waals surface area contributed by atoms with E-state index in [2.05, 4.69) is 15.4 Å². The van der Waals surface area contributed by atoms with Crippen LogP contribution in [0.25, 0.3) is 0 Å². The number of imidazole rings is 1. The molecule has 3 heterocycles. The quantitative estimate of drug-likeness (QED) is 0.730. The molecule has 1 N–H and O–H groups in total. The zero-order valence-corrected chi connectivity index (χ0v) is 15.4. The summed E-state index contributed by atoms with van der Waals surface area (Å²) >= 11 is 0. The Hall–Kier alpha value is -2.16. The summed E-state index contributed by atoms with van der Waals surface area (Å²) in [5.74, 6) is 0.545. The first-order chi connectivity index (χ1) is 12.5. The molecule has 0 bridgehead atoms. The number of hydrogen-bond acceptors (Lipinski definition) is 5. The van der Waals surface area contributed by atoms with Crippen LogP contribution in [0.1, 0.15) is 53.8 Å². The maximum atomic E-state index is 12.4. The van der Waals surface area contributed by atoms with Gasteiger partial charge in [0.25, 0.3) is 5.91 Å². The standard InChI is InChI=1S/C17H23N5O3S/c23-17(19-5-1-7-21-8-6-18-12-21)15-10-16(13-2-3-13)22(20-15)14-4-9-26(24,25)11-14/h6,8,10,12-14H,1-5,7,9,11H2,(H,19,23). The fourth-order valence-corrected chi connectivity index (χ4v) is 5.13. The normalized spacial score (nSPS) is 21.8. The molecule has 1 saturated carbocycles. The summed E-state index contributed by atoms with van der Waals surface area (Å²) in [6, 6.07) is 1.70. The van der Waals surface area contributed by atoms with E-state index in [-0.39, 0.29) is 23.5 Å². The number of sulfone groups is 1. The average Bonchev–Trinajstić information content (AvgIpc) is 3.01. The van der Waals surface area contributed by atoms with Gasteiger partial charge in [-0.05, 0) is 31.7 Å². The number of amides is 1. The predicted octanol–water partition coefficient (Wildman–Crippen LogP) is 1.14. The Bertz CT molecular complexity index is 884. The van der Waals surface area contributed by atoms with Gasteiger partial charge in [0.2, 0.25) is 0 Å². The summed E-state index contributed by atoms with van der Waals surface area (Å²) in [7, 11) is -2.98. The molecule has 2 aromatic rings. The number of rotatable bonds is 7. The van der Waals surface area contributed by atoms with Gasteiger partial charge in [-0.15, -0.1) is 0 Å². The highest BCUT2D eigenvalue weighted by Gasteiger charge is 2.36. The van der Waals surface area contributed by atoms with Crippen LogP contribution in [0.4, 0.5) is 0 Å². The first-order valence-corrected chi connectivity index (χ1v) is 10.9. The molecule has 2 aromatic heterocycles. The van der Waals surface area contributed by atoms with Crippen molar-refractivity contribution in [1.29, 1.82) is 0 Å². The first-order valence-electron chi connectivity index (χ1n) is 9.06. The number of carbonyl (C=O) groups is 1. The van der Waals surface area contributed by atoms with Gasteiger partial charge in [0.15, 0.2) is 9.84 Å². The van der Waals surface area contributed by atoms with E-state index in [9.17, 15) is 13.2 Å². The topological polar surface area (TPSA) is 98.9 Å². The molecule has 26 heavy (non-hydrogen) atoms. The fraction of sp³-hybridized carbons (Fsp3) is 0.588. The van der Waals surface area contributed by atoms with Crippen molar-refractivity contribution in [3.05, 3.63) is 36.2 Å². The number of aryl methyl sites for hydroxylation is 1. The monoisotopic (exact) mass is 377 g/mol. The summed E-state index contributed by atoms with van der Waals surface area (Å²) in [5.41, 5.74) is 1.40. The molecule has 4 rings (SSSR count). The smallest absolute Gasteiger partial charge is 0.271 e. The number of nitrogens with one attached hydrogen (secondary N) is 1. The van der Waals surface area contributed by atoms with Crippen molar-refractivity contribution in [2.45, 2.75) is 44.2 Å². The summed E-state index contributed by atoms with van der Waals surface area (Å²) in [6.45, 7) is 1.35. The van der Waals surface area contributed by atoms with Gasteiger partial charge in [-0.3, -0.25) is 9.48 Å². The highest BCUT2D eigenvalue weighted by atomic mass is 32.2. The molecule has 0 spiro atoms. The lowest BCUT2D eigenvalue weighted by Gasteiger charge is -2.12. The zero-order valence-electron chi connectivity index (χ0n) is 14.5. The lowest BCUT2D eigenvalue weighted by Crippen LogP contribution is -2.26. The van der Waals surface area contributed by atoms with Gasteiger partial charge in [0, 0.05) is 37.1 Å². The van der Waals surface area contributed by atoms with E-state index in [1.807, 2.05) is 21.5 Å². The minimum Gasteiger partial charge on any atom is -0.351 e. The number of carbonyl (C=O) groups excluding carboxylic acids is 1. The Morgan fingerprint density at radius 3 is 2.81 bits per heavy atom. The molecule has 2 aliphatic rings. The van der Waals surface area contributed by atoms with Crippen molar-refractivity contribution in [2.75, 3.05) is 18.1 Å². The van der Waals surface area contributed by atoms with Crippen LogP contribution in [0.5, 0.6) is 0 Å². The molecule has 140 valence electrons. The van der Waals surface area contributed by atoms with E-state index in [1.165, 1.54) is 0 Å². The summed E-state index contributed by atoms with van der Waals surface area (Å²) in [5, 5.41) is 7.37. The summed E-state index contributed by atoms with van der Waals surface area (Å²) < 4.78 is 27.4. The van der Waals surface area contributed by atoms with Gasteiger partial charge in [0.1, 0.15) is 5.69 Å². The molecule has 1 atom stereocenters. The molecule has 8 nitrogen and oxygen atoms in total. The van der Waals surface area contributed by atoms with Crippen molar-refractivity contribution in [2.24, 2.45) is 0 Å². The van der Waals surface area contributed by atoms with Gasteiger partial charge in [0.05, 0.1) is 23.9 Å². The number of hydrogen-bond donors (Lipinski definition) is 1. The molecular formula is C17H23N5O3S. The van der Waals surface area contributed by atoms with Crippen molar-refractivity contribution >= 4 is 15.7 Å². The molecule has 0 aromatic carbocycles. The number of nitrogens with zero attached hydrogens (tertiary/aromatic N) is 4. The van der Waals surface area contributed by atoms with Crippen molar-refractivity contribution in [1.82, 2.24) is 24.6 Å². The summed E-state index contributed by atoms with van der Waals surface area (Å²) in [6.07, 6.45) is 8.92. The molecule has 1 unspecified atom stereocenters. The van der Waals surface area contributed by atoms with E-state index < -0.39 is 9.84 Å². The Morgan fingerprint density at radius 2 is 2.15 bits per heavy atom. The molecule has 1 amide bonds. The Kier molecular flexibility index (Phi) is 4.56. The molecular weight excluding hydrogens is 354 g/mol. The van der Waals surface area contributed by atoms with E-state index in [1.54, 1.807) is 12.5 Å². The Labute approximate surface area is 152 Å². The third-order valence-electron chi connectivity index (χ3n) is 4.98. The van der Waals surface area contributed by atoms with Gasteiger partial charge >= 0.3 is 0 Å². The van der Waals surface area contributed by atoms with Crippen molar-refractivity contribution in [3.8, 4) is 0 Å². The highest BCUT2D eigenvalue weighted by Crippen LogP contribution is 2.42. The molecule has 1 aliphatic heterocycles. The minimum absolute atomic E-state index is 0.125. The number of aromatic nitrogens is 4. The van der Waals surface area contributed by atoms with Crippen molar-refractivity contribution in [3.63, 3.8) is 0 Å². The third kappa shape index (κ3) is 3.82. The lowest BCUT2D eigenvalue weighted by atomic mass is 10.2. The van der Waals surface area contributed by atoms with E-state index >= 15 is 0 Å². The maximum absolute atomic E-state index is 12.4. The molecule has 0 radical (unpaired) electrons. The first kappa shape index (κ1) is 17.3. The van der Waals surface area contributed by atoms with Crippen LogP contribution in [-0.2, 0) is 16.4 Å². The van der Waals surface area contributed by atoms with E-state index in [0.717, 1.165) is 31.5 Å². The van der Waals surface area contributed by atoms with Crippen LogP contribution in [0.3, 0.4) is 0 Å². The van der Waals surface area contributed by atoms with Crippen molar-refractivity contribution < 1.29 is 13.2 Å². The zero-order chi connectivity index (χ0) is 18.1. The van der Waals surface area contributed by atoms with Gasteiger partial charge in [-0.2, -0.15) is 5.10 Å². The Morgan fingerprint density at radius 1 is 1.31 bits per heavy atom. The maximum Gasteiger partial charge on any atom is 0.271 e. The molecule has 1 aliphatic carbocycles. The predicted molar refractivity (Wildman–Crippen MR) is 95.7 cm³/mol. The highest BCUT2D eigenvalue weighted by molar-refractivity contribution is 7.91. The molecule has 1 saturated heterocycles. The SMILES string of the molecule is O=C(NCCCn1ccnc1)c1cc(C2CC2)n(C2CCS(=O)(=O)C2)n1. The van der Waals surface area contributed by atoms with Crippen LogP contribution >= 0.6 is 0 Å². The minimum atomic E-state index is -2.98. The van der Waals surface area contributed by atoms with E-state index in [0.29, 0.717) is 24.6 Å². The largest absolute Gasteiger partial charge is 0.351 e. The van der Waals surface area contributed by atoms with Crippen LogP contribution in [0, 0.1) is 0 Å². The van der Waals surface area contributed by atoms with Crippen LogP contribution in [0.2, 0.25) is 0 Å². The second-order valence-corrected chi connectivity index (χ2v) is 9.37.